The lowest BCUT2D eigenvalue weighted by molar-refractivity contribution is 1.29. The lowest BCUT2D eigenvalue weighted by atomic mass is 10.3. The van der Waals surface area contributed by atoms with Crippen LogP contribution >= 0.6 is 41.7 Å². The molecule has 0 aliphatic rings. The zero-order valence-corrected chi connectivity index (χ0v) is 9.57. The molecule has 0 amide bonds. The van der Waals surface area contributed by atoms with Gasteiger partial charge in [-0.25, -0.2) is 4.98 Å². The fraction of sp³-hybridized carbons (Fsp3) is 0. The summed E-state index contributed by atoms with van der Waals surface area (Å²) >= 11 is 7.73. The topological polar surface area (TPSA) is 38.9 Å². The van der Waals surface area contributed by atoms with E-state index >= 15 is 0 Å². The van der Waals surface area contributed by atoms with Gasteiger partial charge in [0, 0.05) is 27.4 Å². The molecule has 0 aliphatic heterocycles. The van der Waals surface area contributed by atoms with E-state index in [1.54, 1.807) is 6.07 Å². The number of halogens is 2. The maximum Gasteiger partial charge on any atom is 0.137 e. The van der Waals surface area contributed by atoms with Gasteiger partial charge in [-0.2, -0.15) is 0 Å². The van der Waals surface area contributed by atoms with Crippen molar-refractivity contribution in [3.63, 3.8) is 0 Å². The van der Waals surface area contributed by atoms with Crippen LogP contribution in [0.4, 0.5) is 5.69 Å². The second-order valence-electron chi connectivity index (χ2n) is 1.90. The van der Waals surface area contributed by atoms with E-state index in [0.29, 0.717) is 16.4 Å². The first-order valence-electron chi connectivity index (χ1n) is 2.93. The molecule has 12 heavy (non-hydrogen) atoms. The van der Waals surface area contributed by atoms with Gasteiger partial charge in [0.05, 0.1) is 10.7 Å². The van der Waals surface area contributed by atoms with E-state index in [0.717, 1.165) is 0 Å². The van der Waals surface area contributed by atoms with Gasteiger partial charge >= 0.3 is 0 Å². The Morgan fingerprint density at radius 2 is 2.42 bits per heavy atom. The molecular weight excluding hydrogens is 307 g/mol. The second kappa shape index (κ2) is 4.80. The molecule has 0 saturated heterocycles. The minimum Gasteiger partial charge on any atom is -0.396 e. The van der Waals surface area contributed by atoms with Gasteiger partial charge in [-0.1, -0.05) is 11.6 Å². The molecule has 1 rings (SSSR count). The molecule has 0 spiro atoms. The Labute approximate surface area is 91.9 Å². The molecule has 2 N–H and O–H groups in total. The van der Waals surface area contributed by atoms with E-state index in [2.05, 4.69) is 37.4 Å². The minimum absolute atomic E-state index is 0.514. The summed E-state index contributed by atoms with van der Waals surface area (Å²) in [5.41, 5.74) is 6.69. The van der Waals surface area contributed by atoms with Crippen LogP contribution in [0.25, 0.3) is 0 Å². The zero-order valence-electron chi connectivity index (χ0n) is 5.84. The fourth-order valence-electron chi connectivity index (χ4n) is 0.627. The van der Waals surface area contributed by atoms with Crippen LogP contribution in [-0.2, 0) is 0 Å². The lowest BCUT2D eigenvalue weighted by Crippen LogP contribution is -1.92. The molecule has 0 fully saturated rings. The molecule has 1 heterocycles. The Balaban J connectivity index is 3.01. The molecular formula is C7H4ClIN2S. The van der Waals surface area contributed by atoms with Crippen LogP contribution in [0.3, 0.4) is 0 Å². The Morgan fingerprint density at radius 3 is 3.00 bits per heavy atom. The summed E-state index contributed by atoms with van der Waals surface area (Å²) in [5.74, 6) is 2.80. The summed E-state index contributed by atoms with van der Waals surface area (Å²) in [6.07, 6.45) is 1.53. The largest absolute Gasteiger partial charge is 0.396 e. The maximum atomic E-state index is 5.65. The van der Waals surface area contributed by atoms with Gasteiger partial charge < -0.3 is 5.73 Å². The number of anilines is 1. The Hall–Kier alpha value is -0.120. The number of nitrogen functional groups attached to an aromatic ring is 1. The minimum atomic E-state index is 0.514. The van der Waals surface area contributed by atoms with Gasteiger partial charge in [-0.15, -0.1) is 0 Å². The predicted molar refractivity (Wildman–Crippen MR) is 62.1 cm³/mol. The number of aromatic nitrogens is 1. The maximum absolute atomic E-state index is 5.65. The number of hydrogen-bond donors (Lipinski definition) is 1. The van der Waals surface area contributed by atoms with E-state index in [1.165, 1.54) is 15.1 Å². The summed E-state index contributed by atoms with van der Waals surface area (Å²) < 4.78 is 0. The van der Waals surface area contributed by atoms with Crippen molar-refractivity contribution in [3.8, 4) is 11.2 Å². The van der Waals surface area contributed by atoms with Crippen molar-refractivity contribution < 1.29 is 0 Å². The number of nitrogens with zero attached hydrogens (tertiary/aromatic N) is 1. The monoisotopic (exact) mass is 310 g/mol. The van der Waals surface area contributed by atoms with Crippen LogP contribution in [0, 0.1) is 11.2 Å². The molecule has 0 aliphatic carbocycles. The quantitative estimate of drug-likeness (QED) is 0.591. The van der Waals surface area contributed by atoms with Gasteiger partial charge in [0.2, 0.25) is 0 Å². The van der Waals surface area contributed by atoms with Gasteiger partial charge in [-0.3, -0.25) is 0 Å². The lowest BCUT2D eigenvalue weighted by Gasteiger charge is -1.95. The fourth-order valence-corrected chi connectivity index (χ4v) is 1.26. The highest BCUT2D eigenvalue weighted by Gasteiger charge is 1.96. The first kappa shape index (κ1) is 9.96. The van der Waals surface area contributed by atoms with Gasteiger partial charge in [0.15, 0.2) is 0 Å². The third kappa shape index (κ3) is 2.73. The smallest absolute Gasteiger partial charge is 0.137 e. The number of hydrogen-bond acceptors (Lipinski definition) is 3. The Morgan fingerprint density at radius 1 is 1.67 bits per heavy atom. The first-order valence-corrected chi connectivity index (χ1v) is 6.67. The van der Waals surface area contributed by atoms with Crippen LogP contribution in [0.5, 0.6) is 0 Å². The highest BCUT2D eigenvalue weighted by molar-refractivity contribution is 14.2. The van der Waals surface area contributed by atoms with Crippen LogP contribution in [0.2, 0.25) is 5.02 Å². The van der Waals surface area contributed by atoms with E-state index in [-0.39, 0.29) is 0 Å². The third-order valence-corrected chi connectivity index (χ3v) is 2.14. The van der Waals surface area contributed by atoms with Crippen molar-refractivity contribution in [2.24, 2.45) is 0 Å². The van der Waals surface area contributed by atoms with Crippen molar-refractivity contribution in [1.29, 1.82) is 0 Å². The number of nitrogens with two attached hydrogens (primary N) is 1. The average molecular weight is 311 g/mol. The van der Waals surface area contributed by atoms with Gasteiger partial charge in [0.1, 0.15) is 5.69 Å². The van der Waals surface area contributed by atoms with Gasteiger partial charge in [-0.05, 0) is 26.2 Å². The van der Waals surface area contributed by atoms with E-state index in [9.17, 15) is 0 Å². The second-order valence-corrected chi connectivity index (χ2v) is 4.01. The van der Waals surface area contributed by atoms with Crippen molar-refractivity contribution in [2.75, 3.05) is 5.73 Å². The standard InChI is InChI=1S/C7H4ClIN2S/c8-5-3-6(10)7(11-4-5)1-2-12-9/h3-4H,10H2. The van der Waals surface area contributed by atoms with E-state index < -0.39 is 0 Å². The molecule has 0 bridgehead atoms. The highest BCUT2D eigenvalue weighted by Crippen LogP contribution is 2.15. The van der Waals surface area contributed by atoms with Crippen molar-refractivity contribution in [1.82, 2.24) is 4.98 Å². The normalized spacial score (nSPS) is 8.83. The average Bonchev–Trinajstić information content (AvgIpc) is 2.03. The number of pyridine rings is 1. The molecule has 0 atom stereocenters. The SMILES string of the molecule is Nc1cc(Cl)cnc1C#CSI. The first-order chi connectivity index (χ1) is 5.74. The summed E-state index contributed by atoms with van der Waals surface area (Å²) in [7, 11) is 1.39. The molecule has 0 saturated carbocycles. The van der Waals surface area contributed by atoms with Gasteiger partial charge in [0.25, 0.3) is 0 Å². The molecule has 0 radical (unpaired) electrons. The zero-order chi connectivity index (χ0) is 8.97. The predicted octanol–water partition coefficient (Wildman–Crippen LogP) is 2.71. The Kier molecular flexibility index (Phi) is 3.98. The van der Waals surface area contributed by atoms with E-state index in [1.807, 2.05) is 0 Å². The molecule has 1 aromatic heterocycles. The third-order valence-electron chi connectivity index (χ3n) is 1.09. The van der Waals surface area contributed by atoms with E-state index in [4.69, 9.17) is 17.3 Å². The molecule has 0 aromatic carbocycles. The van der Waals surface area contributed by atoms with Crippen LogP contribution in [-0.4, -0.2) is 4.98 Å². The molecule has 62 valence electrons. The molecule has 1 aromatic rings. The molecule has 0 unspecified atom stereocenters. The summed E-state index contributed by atoms with van der Waals surface area (Å²) in [4.78, 5) is 3.97. The number of rotatable bonds is 0. The van der Waals surface area contributed by atoms with Crippen molar-refractivity contribution in [2.45, 2.75) is 0 Å². The molecule has 2 nitrogen and oxygen atoms in total. The van der Waals surface area contributed by atoms with Crippen LogP contribution in [0.15, 0.2) is 12.3 Å². The Bertz CT molecular complexity index is 345. The summed E-state index contributed by atoms with van der Waals surface area (Å²) in [6.45, 7) is 0. The molecule has 5 heteroatoms. The van der Waals surface area contributed by atoms with Crippen molar-refractivity contribution in [3.05, 3.63) is 23.0 Å². The van der Waals surface area contributed by atoms with Crippen LogP contribution < -0.4 is 5.73 Å². The highest BCUT2D eigenvalue weighted by atomic mass is 127. The summed E-state index contributed by atoms with van der Waals surface area (Å²) in [6, 6.07) is 1.64. The summed E-state index contributed by atoms with van der Waals surface area (Å²) in [5, 5.41) is 3.32. The van der Waals surface area contributed by atoms with Crippen LogP contribution in [0.1, 0.15) is 5.69 Å². The van der Waals surface area contributed by atoms with Crippen molar-refractivity contribution >= 4 is 47.4 Å².